The average molecular weight is 418 g/mol. The van der Waals surface area contributed by atoms with E-state index in [1.807, 2.05) is 18.2 Å². The molecule has 2 aliphatic rings. The highest BCUT2D eigenvalue weighted by Crippen LogP contribution is 2.46. The third-order valence-corrected chi connectivity index (χ3v) is 6.68. The Labute approximate surface area is 177 Å². The summed E-state index contributed by atoms with van der Waals surface area (Å²) in [5.41, 5.74) is -0.875. The summed E-state index contributed by atoms with van der Waals surface area (Å²) < 4.78 is 0. The summed E-state index contributed by atoms with van der Waals surface area (Å²) in [7, 11) is 0. The standard InChI is InChI=1S/C22H31N3O3S/c1-16-12-21(2,3)15-22(13-16)19(27)25(20(28)24-22)14-18(26)23-10-7-11-29-17-8-5-4-6-9-17/h4-6,8-9,16H,7,10-15H2,1-3H3,(H,23,26)(H,24,28)/t16-,22-/m0/s1. The number of carbonyl (C=O) groups is 3. The smallest absolute Gasteiger partial charge is 0.325 e. The number of urea groups is 1. The van der Waals surface area contributed by atoms with Gasteiger partial charge in [0.1, 0.15) is 12.1 Å². The Morgan fingerprint density at radius 2 is 1.97 bits per heavy atom. The molecular formula is C22H31N3O3S. The van der Waals surface area contributed by atoms with Crippen molar-refractivity contribution in [1.29, 1.82) is 0 Å². The van der Waals surface area contributed by atoms with E-state index in [9.17, 15) is 14.4 Å². The number of rotatable bonds is 7. The minimum Gasteiger partial charge on any atom is -0.355 e. The number of hydrogen-bond donors (Lipinski definition) is 2. The quantitative estimate of drug-likeness (QED) is 0.405. The second-order valence-electron chi connectivity index (χ2n) is 9.12. The average Bonchev–Trinajstić information content (AvgIpc) is 2.84. The number of amides is 4. The van der Waals surface area contributed by atoms with Crippen LogP contribution in [0.1, 0.15) is 46.5 Å². The fraction of sp³-hybridized carbons (Fsp3) is 0.591. The van der Waals surface area contributed by atoms with Crippen LogP contribution in [0.25, 0.3) is 0 Å². The van der Waals surface area contributed by atoms with Crippen LogP contribution in [-0.4, -0.2) is 47.1 Å². The van der Waals surface area contributed by atoms with E-state index in [1.54, 1.807) is 11.8 Å². The van der Waals surface area contributed by atoms with E-state index in [4.69, 9.17) is 0 Å². The van der Waals surface area contributed by atoms with Gasteiger partial charge in [0, 0.05) is 11.4 Å². The van der Waals surface area contributed by atoms with E-state index >= 15 is 0 Å². The molecule has 1 aliphatic carbocycles. The van der Waals surface area contributed by atoms with Crippen LogP contribution in [0.2, 0.25) is 0 Å². The molecule has 1 heterocycles. The van der Waals surface area contributed by atoms with Crippen molar-refractivity contribution in [3.63, 3.8) is 0 Å². The van der Waals surface area contributed by atoms with Gasteiger partial charge in [-0.05, 0) is 54.9 Å². The first-order chi connectivity index (χ1) is 13.7. The first-order valence-electron chi connectivity index (χ1n) is 10.3. The third-order valence-electron chi connectivity index (χ3n) is 5.58. The van der Waals surface area contributed by atoms with Crippen LogP contribution in [0.5, 0.6) is 0 Å². The van der Waals surface area contributed by atoms with Crippen LogP contribution in [0.4, 0.5) is 4.79 Å². The maximum absolute atomic E-state index is 13.1. The Bertz CT molecular complexity index is 768. The first kappa shape index (κ1) is 21.7. The molecule has 0 radical (unpaired) electrons. The van der Waals surface area contributed by atoms with Crippen LogP contribution in [0.15, 0.2) is 35.2 Å². The highest BCUT2D eigenvalue weighted by atomic mass is 32.2. The van der Waals surface area contributed by atoms with Gasteiger partial charge in [-0.2, -0.15) is 0 Å². The molecule has 2 fully saturated rings. The SMILES string of the molecule is C[C@H]1CC(C)(C)C[C@]2(C1)NC(=O)N(CC(=O)NCCCSc1ccccc1)C2=O. The second kappa shape index (κ2) is 8.78. The van der Waals surface area contributed by atoms with Crippen LogP contribution in [-0.2, 0) is 9.59 Å². The lowest BCUT2D eigenvalue weighted by Gasteiger charge is -2.43. The van der Waals surface area contributed by atoms with Crippen molar-refractivity contribution in [1.82, 2.24) is 15.5 Å². The van der Waals surface area contributed by atoms with Crippen molar-refractivity contribution < 1.29 is 14.4 Å². The van der Waals surface area contributed by atoms with Gasteiger partial charge in [0.05, 0.1) is 0 Å². The summed E-state index contributed by atoms with van der Waals surface area (Å²) in [4.78, 5) is 40.1. The van der Waals surface area contributed by atoms with Crippen molar-refractivity contribution in [2.45, 2.75) is 56.9 Å². The molecule has 1 aromatic carbocycles. The van der Waals surface area contributed by atoms with Crippen LogP contribution >= 0.6 is 11.8 Å². The van der Waals surface area contributed by atoms with Crippen molar-refractivity contribution in [2.24, 2.45) is 11.3 Å². The van der Waals surface area contributed by atoms with Gasteiger partial charge in [0.25, 0.3) is 5.91 Å². The molecule has 1 spiro atoms. The molecule has 158 valence electrons. The molecule has 7 heteroatoms. The van der Waals surface area contributed by atoms with Crippen LogP contribution < -0.4 is 10.6 Å². The fourth-order valence-corrected chi connectivity index (χ4v) is 5.73. The number of carbonyl (C=O) groups excluding carboxylic acids is 3. The maximum Gasteiger partial charge on any atom is 0.325 e. The number of nitrogens with one attached hydrogen (secondary N) is 2. The van der Waals surface area contributed by atoms with E-state index in [2.05, 4.69) is 43.5 Å². The molecule has 0 unspecified atom stereocenters. The summed E-state index contributed by atoms with van der Waals surface area (Å²) in [5, 5.41) is 5.74. The van der Waals surface area contributed by atoms with Crippen molar-refractivity contribution in [2.75, 3.05) is 18.8 Å². The summed E-state index contributed by atoms with van der Waals surface area (Å²) in [5.74, 6) is 0.693. The first-order valence-corrected chi connectivity index (χ1v) is 11.3. The summed E-state index contributed by atoms with van der Waals surface area (Å²) in [6, 6.07) is 9.66. The minimum atomic E-state index is -0.856. The molecule has 29 heavy (non-hydrogen) atoms. The Morgan fingerprint density at radius 3 is 2.66 bits per heavy atom. The maximum atomic E-state index is 13.1. The lowest BCUT2D eigenvalue weighted by Crippen LogP contribution is -2.54. The molecular weight excluding hydrogens is 386 g/mol. The molecule has 4 amide bonds. The van der Waals surface area contributed by atoms with Gasteiger partial charge < -0.3 is 10.6 Å². The lowest BCUT2D eigenvalue weighted by atomic mass is 9.64. The van der Waals surface area contributed by atoms with E-state index in [0.717, 1.165) is 23.5 Å². The second-order valence-corrected chi connectivity index (χ2v) is 10.3. The minimum absolute atomic E-state index is 0.0186. The molecule has 1 saturated carbocycles. The summed E-state index contributed by atoms with van der Waals surface area (Å²) in [6.07, 6.45) is 3.10. The van der Waals surface area contributed by atoms with Gasteiger partial charge in [0.15, 0.2) is 0 Å². The molecule has 0 bridgehead atoms. The monoisotopic (exact) mass is 417 g/mol. The number of benzene rings is 1. The van der Waals surface area contributed by atoms with Gasteiger partial charge in [-0.25, -0.2) is 4.79 Å². The molecule has 2 atom stereocenters. The topological polar surface area (TPSA) is 78.5 Å². The molecule has 0 aromatic heterocycles. The van der Waals surface area contributed by atoms with Gasteiger partial charge in [-0.1, -0.05) is 39.0 Å². The number of nitrogens with zero attached hydrogens (tertiary/aromatic N) is 1. The van der Waals surface area contributed by atoms with Gasteiger partial charge in [-0.15, -0.1) is 11.8 Å². The highest BCUT2D eigenvalue weighted by molar-refractivity contribution is 7.99. The Hall–Kier alpha value is -2.02. The van der Waals surface area contributed by atoms with Crippen LogP contribution in [0.3, 0.4) is 0 Å². The predicted molar refractivity (Wildman–Crippen MR) is 115 cm³/mol. The van der Waals surface area contributed by atoms with Gasteiger partial charge >= 0.3 is 6.03 Å². The Morgan fingerprint density at radius 1 is 1.24 bits per heavy atom. The van der Waals surface area contributed by atoms with E-state index in [0.29, 0.717) is 25.3 Å². The van der Waals surface area contributed by atoms with E-state index in [1.165, 1.54) is 4.90 Å². The zero-order chi connectivity index (χ0) is 21.1. The molecule has 6 nitrogen and oxygen atoms in total. The number of imide groups is 1. The Balaban J connectivity index is 1.46. The largest absolute Gasteiger partial charge is 0.355 e. The zero-order valence-corrected chi connectivity index (χ0v) is 18.3. The number of hydrogen-bond acceptors (Lipinski definition) is 4. The molecule has 1 aliphatic heterocycles. The third kappa shape index (κ3) is 5.32. The van der Waals surface area contributed by atoms with Crippen molar-refractivity contribution >= 4 is 29.6 Å². The van der Waals surface area contributed by atoms with Gasteiger partial charge in [-0.3, -0.25) is 14.5 Å². The highest BCUT2D eigenvalue weighted by Gasteiger charge is 2.56. The molecule has 1 aromatic rings. The summed E-state index contributed by atoms with van der Waals surface area (Å²) >= 11 is 1.74. The summed E-state index contributed by atoms with van der Waals surface area (Å²) in [6.45, 7) is 6.69. The lowest BCUT2D eigenvalue weighted by molar-refractivity contribution is -0.137. The fourth-order valence-electron chi connectivity index (χ4n) is 4.86. The van der Waals surface area contributed by atoms with E-state index in [-0.39, 0.29) is 23.8 Å². The van der Waals surface area contributed by atoms with Gasteiger partial charge in [0.2, 0.25) is 5.91 Å². The molecule has 2 N–H and O–H groups in total. The number of thioether (sulfide) groups is 1. The van der Waals surface area contributed by atoms with Crippen molar-refractivity contribution in [3.05, 3.63) is 30.3 Å². The molecule has 1 saturated heterocycles. The van der Waals surface area contributed by atoms with E-state index < -0.39 is 11.6 Å². The predicted octanol–water partition coefficient (Wildman–Crippen LogP) is 3.42. The Kier molecular flexibility index (Phi) is 6.56. The molecule has 3 rings (SSSR count). The van der Waals surface area contributed by atoms with Crippen molar-refractivity contribution in [3.8, 4) is 0 Å². The zero-order valence-electron chi connectivity index (χ0n) is 17.5. The van der Waals surface area contributed by atoms with Crippen LogP contribution in [0, 0.1) is 11.3 Å². The normalized spacial score (nSPS) is 25.9.